The molecule has 154 valence electrons. The maximum Gasteiger partial charge on any atom is 0.416 e. The molecule has 1 N–H and O–H groups in total. The van der Waals surface area contributed by atoms with Gasteiger partial charge in [-0.05, 0) is 30.4 Å². The van der Waals surface area contributed by atoms with E-state index in [1.165, 1.54) is 6.07 Å². The number of allylic oxidation sites excluding steroid dienone is 1. The van der Waals surface area contributed by atoms with E-state index in [2.05, 4.69) is 16.8 Å². The number of aromatic amines is 1. The molecule has 2 aliphatic heterocycles. The summed E-state index contributed by atoms with van der Waals surface area (Å²) in [6.45, 7) is 5.41. The van der Waals surface area contributed by atoms with Gasteiger partial charge in [-0.25, -0.2) is 0 Å². The second kappa shape index (κ2) is 7.24. The third-order valence-electron chi connectivity index (χ3n) is 5.96. The number of aromatic nitrogens is 2. The first-order valence-electron chi connectivity index (χ1n) is 9.66. The van der Waals surface area contributed by atoms with Crippen molar-refractivity contribution in [3.05, 3.63) is 64.6 Å². The number of amides is 1. The molecule has 2 aliphatic rings. The molecular weight excluding hydrogens is 381 g/mol. The first-order chi connectivity index (χ1) is 13.8. The zero-order valence-corrected chi connectivity index (χ0v) is 16.2. The van der Waals surface area contributed by atoms with E-state index in [0.29, 0.717) is 50.2 Å². The van der Waals surface area contributed by atoms with E-state index in [4.69, 9.17) is 0 Å². The molecule has 1 fully saturated rings. The van der Waals surface area contributed by atoms with Crippen LogP contribution in [-0.2, 0) is 19.1 Å². The molecule has 4 rings (SSSR count). The maximum absolute atomic E-state index is 13.3. The first-order valence-corrected chi connectivity index (χ1v) is 9.66. The minimum atomic E-state index is -4.37. The first kappa shape index (κ1) is 19.5. The Bertz CT molecular complexity index is 942. The molecule has 0 atom stereocenters. The smallest absolute Gasteiger partial charge is 0.374 e. The lowest BCUT2D eigenvalue weighted by atomic mass is 9.86. The average molecular weight is 404 g/mol. The van der Waals surface area contributed by atoms with Gasteiger partial charge in [0.05, 0.1) is 5.56 Å². The number of nitrogens with zero attached hydrogens (tertiary/aromatic N) is 3. The lowest BCUT2D eigenvalue weighted by Gasteiger charge is -2.33. The summed E-state index contributed by atoms with van der Waals surface area (Å²) in [6.07, 6.45) is -2.74. The molecule has 1 aromatic heterocycles. The molecule has 1 saturated heterocycles. The van der Waals surface area contributed by atoms with Crippen LogP contribution in [0, 0.1) is 0 Å². The van der Waals surface area contributed by atoms with E-state index in [9.17, 15) is 18.0 Å². The van der Waals surface area contributed by atoms with Crippen molar-refractivity contribution in [1.29, 1.82) is 0 Å². The largest absolute Gasteiger partial charge is 0.416 e. The summed E-state index contributed by atoms with van der Waals surface area (Å²) in [4.78, 5) is 16.7. The molecule has 0 unspecified atom stereocenters. The van der Waals surface area contributed by atoms with Crippen molar-refractivity contribution < 1.29 is 18.0 Å². The number of hydrogen-bond donors (Lipinski definition) is 1. The number of likely N-dealkylation sites (tertiary alicyclic amines) is 1. The van der Waals surface area contributed by atoms with E-state index < -0.39 is 11.7 Å². The second-order valence-electron chi connectivity index (χ2n) is 7.78. The second-order valence-corrected chi connectivity index (χ2v) is 7.78. The van der Waals surface area contributed by atoms with Gasteiger partial charge >= 0.3 is 6.18 Å². The molecule has 0 saturated carbocycles. The van der Waals surface area contributed by atoms with E-state index in [1.54, 1.807) is 17.0 Å². The number of likely N-dealkylation sites (N-methyl/N-ethyl adjacent to an activating group) is 1. The molecule has 8 heteroatoms. The van der Waals surface area contributed by atoms with E-state index in [-0.39, 0.29) is 11.8 Å². The summed E-state index contributed by atoms with van der Waals surface area (Å²) in [6, 6.07) is 5.74. The fraction of sp³-hybridized carbons (Fsp3) is 0.429. The number of H-pyrrole nitrogens is 1. The van der Waals surface area contributed by atoms with Gasteiger partial charge < -0.3 is 9.80 Å². The van der Waals surface area contributed by atoms with Crippen LogP contribution in [0.3, 0.4) is 0 Å². The van der Waals surface area contributed by atoms with Crippen LogP contribution in [0.2, 0.25) is 0 Å². The average Bonchev–Trinajstić information content (AvgIpc) is 3.10. The summed E-state index contributed by atoms with van der Waals surface area (Å²) in [7, 11) is 1.93. The van der Waals surface area contributed by atoms with Crippen LogP contribution in [-0.4, -0.2) is 46.0 Å². The third-order valence-corrected chi connectivity index (χ3v) is 5.96. The van der Waals surface area contributed by atoms with Gasteiger partial charge in [0.25, 0.3) is 5.91 Å². The van der Waals surface area contributed by atoms with E-state index in [0.717, 1.165) is 23.0 Å². The van der Waals surface area contributed by atoms with Crippen molar-refractivity contribution in [2.24, 2.45) is 0 Å². The van der Waals surface area contributed by atoms with Crippen LogP contribution >= 0.6 is 0 Å². The summed E-state index contributed by atoms with van der Waals surface area (Å²) in [5.41, 5.74) is 2.91. The number of rotatable bonds is 2. The van der Waals surface area contributed by atoms with Crippen molar-refractivity contribution in [2.75, 3.05) is 20.1 Å². The Balaban J connectivity index is 1.48. The zero-order chi connectivity index (χ0) is 20.8. The number of benzene rings is 1. The third kappa shape index (κ3) is 3.63. The van der Waals surface area contributed by atoms with Crippen LogP contribution < -0.4 is 0 Å². The molecule has 0 radical (unpaired) electrons. The van der Waals surface area contributed by atoms with Crippen molar-refractivity contribution in [1.82, 2.24) is 20.0 Å². The number of nitrogens with one attached hydrogen (secondary N) is 1. The topological polar surface area (TPSA) is 52.2 Å². The summed E-state index contributed by atoms with van der Waals surface area (Å²) in [5, 5.41) is 7.18. The van der Waals surface area contributed by atoms with Gasteiger partial charge in [-0.2, -0.15) is 18.3 Å². The zero-order valence-electron chi connectivity index (χ0n) is 16.2. The Kier molecular flexibility index (Phi) is 4.88. The number of halogens is 3. The molecular formula is C21H23F3N4O. The van der Waals surface area contributed by atoms with Crippen molar-refractivity contribution >= 4 is 5.91 Å². The van der Waals surface area contributed by atoms with Crippen molar-refractivity contribution in [2.45, 2.75) is 37.9 Å². The minimum absolute atomic E-state index is 0.161. The standard InChI is InChI=1S/C21H23F3N4O/c1-13-11-18-16(12-27(13)2)19(26-25-18)20(29)28-9-7-14(8-10-28)15-5-3-4-6-17(15)21(22,23)24/h3-6,14H,1,7-12H2,2H3,(H,25,26). The monoisotopic (exact) mass is 404 g/mol. The summed E-state index contributed by atoms with van der Waals surface area (Å²) >= 11 is 0. The minimum Gasteiger partial charge on any atom is -0.374 e. The van der Waals surface area contributed by atoms with Gasteiger partial charge in [0.15, 0.2) is 5.69 Å². The number of carbonyl (C=O) groups is 1. The van der Waals surface area contributed by atoms with Gasteiger partial charge in [0.2, 0.25) is 0 Å². The van der Waals surface area contributed by atoms with Crippen LogP contribution in [0.1, 0.15) is 51.6 Å². The van der Waals surface area contributed by atoms with Gasteiger partial charge in [0, 0.05) is 50.1 Å². The molecule has 2 aromatic rings. The Morgan fingerprint density at radius 3 is 2.62 bits per heavy atom. The lowest BCUT2D eigenvalue weighted by Crippen LogP contribution is -2.39. The maximum atomic E-state index is 13.3. The highest BCUT2D eigenvalue weighted by atomic mass is 19.4. The molecule has 1 aromatic carbocycles. The van der Waals surface area contributed by atoms with Crippen molar-refractivity contribution in [3.63, 3.8) is 0 Å². The highest BCUT2D eigenvalue weighted by molar-refractivity contribution is 5.94. The highest BCUT2D eigenvalue weighted by Gasteiger charge is 2.36. The van der Waals surface area contributed by atoms with Crippen LogP contribution in [0.5, 0.6) is 0 Å². The Labute approximate surface area is 167 Å². The van der Waals surface area contributed by atoms with Crippen LogP contribution in [0.4, 0.5) is 13.2 Å². The quantitative estimate of drug-likeness (QED) is 0.825. The predicted octanol–water partition coefficient (Wildman–Crippen LogP) is 3.95. The van der Waals surface area contributed by atoms with Crippen LogP contribution in [0.25, 0.3) is 0 Å². The van der Waals surface area contributed by atoms with Gasteiger partial charge in [-0.1, -0.05) is 24.8 Å². The molecule has 0 spiro atoms. The molecule has 29 heavy (non-hydrogen) atoms. The fourth-order valence-electron chi connectivity index (χ4n) is 4.24. The number of carbonyl (C=O) groups excluding carboxylic acids is 1. The highest BCUT2D eigenvalue weighted by Crippen LogP contribution is 2.39. The van der Waals surface area contributed by atoms with Crippen LogP contribution in [0.15, 0.2) is 36.5 Å². The molecule has 0 aliphatic carbocycles. The van der Waals surface area contributed by atoms with E-state index >= 15 is 0 Å². The molecule has 5 nitrogen and oxygen atoms in total. The lowest BCUT2D eigenvalue weighted by molar-refractivity contribution is -0.138. The SMILES string of the molecule is C=C1Cc2[nH]nc(C(=O)N3CCC(c4ccccc4C(F)(F)F)CC3)c2CN1C. The molecule has 0 bridgehead atoms. The normalized spacial score (nSPS) is 18.1. The Morgan fingerprint density at radius 1 is 1.24 bits per heavy atom. The Morgan fingerprint density at radius 2 is 1.93 bits per heavy atom. The summed E-state index contributed by atoms with van der Waals surface area (Å²) < 4.78 is 40.0. The van der Waals surface area contributed by atoms with Gasteiger partial charge in [0.1, 0.15) is 0 Å². The van der Waals surface area contributed by atoms with E-state index in [1.807, 2.05) is 11.9 Å². The summed E-state index contributed by atoms with van der Waals surface area (Å²) in [5.74, 6) is -0.370. The number of piperidine rings is 1. The van der Waals surface area contributed by atoms with Gasteiger partial charge in [-0.3, -0.25) is 9.89 Å². The van der Waals surface area contributed by atoms with Gasteiger partial charge in [-0.15, -0.1) is 0 Å². The Hall–Kier alpha value is -2.77. The fourth-order valence-corrected chi connectivity index (χ4v) is 4.24. The molecule has 3 heterocycles. The van der Waals surface area contributed by atoms with Crippen molar-refractivity contribution in [3.8, 4) is 0 Å². The number of hydrogen-bond acceptors (Lipinski definition) is 3. The molecule has 1 amide bonds. The number of alkyl halides is 3. The number of fused-ring (bicyclic) bond motifs is 1. The predicted molar refractivity (Wildman–Crippen MR) is 102 cm³/mol.